The number of hydrogen-bond acceptors (Lipinski definition) is 2. The molecule has 1 radical (unpaired) electrons. The van der Waals surface area contributed by atoms with Gasteiger partial charge in [0, 0.05) is 0 Å². The van der Waals surface area contributed by atoms with Crippen LogP contribution in [0, 0.1) is 12.8 Å². The molecule has 0 spiro atoms. The molecule has 0 saturated heterocycles. The third-order valence-corrected chi connectivity index (χ3v) is 1.97. The maximum atomic E-state index is 4.13. The lowest BCUT2D eigenvalue weighted by atomic mass is 10.0. The maximum absolute atomic E-state index is 4.13. The molecule has 73 valence electrons. The summed E-state index contributed by atoms with van der Waals surface area (Å²) >= 11 is 0. The van der Waals surface area contributed by atoms with Crippen molar-refractivity contribution in [1.82, 2.24) is 9.80 Å². The van der Waals surface area contributed by atoms with Crippen LogP contribution in [0.15, 0.2) is 0 Å². The van der Waals surface area contributed by atoms with E-state index in [-0.39, 0.29) is 0 Å². The van der Waals surface area contributed by atoms with Crippen molar-refractivity contribution in [1.29, 1.82) is 0 Å². The summed E-state index contributed by atoms with van der Waals surface area (Å²) in [7, 11) is 8.44. The van der Waals surface area contributed by atoms with Gasteiger partial charge in [-0.15, -0.1) is 0 Å². The highest BCUT2D eigenvalue weighted by Gasteiger charge is 2.02. The van der Waals surface area contributed by atoms with Crippen LogP contribution in [0.2, 0.25) is 0 Å². The molecule has 0 aromatic carbocycles. The number of hydrogen-bond donors (Lipinski definition) is 0. The molecule has 0 amide bonds. The molecule has 0 heterocycles. The zero-order valence-corrected chi connectivity index (χ0v) is 9.01. The Morgan fingerprint density at radius 1 is 0.917 bits per heavy atom. The monoisotopic (exact) mass is 171 g/mol. The van der Waals surface area contributed by atoms with Crippen LogP contribution in [-0.4, -0.2) is 51.1 Å². The van der Waals surface area contributed by atoms with Gasteiger partial charge >= 0.3 is 0 Å². The van der Waals surface area contributed by atoms with Crippen LogP contribution in [0.1, 0.15) is 12.8 Å². The Labute approximate surface area is 77.5 Å². The Kier molecular flexibility index (Phi) is 6.39. The molecule has 0 aliphatic heterocycles. The molecule has 0 atom stereocenters. The van der Waals surface area contributed by atoms with Gasteiger partial charge in [0.25, 0.3) is 0 Å². The summed E-state index contributed by atoms with van der Waals surface area (Å²) in [6.45, 7) is 6.44. The third kappa shape index (κ3) is 8.02. The molecule has 0 saturated carbocycles. The van der Waals surface area contributed by atoms with E-state index in [2.05, 4.69) is 44.9 Å². The first-order chi connectivity index (χ1) is 5.52. The van der Waals surface area contributed by atoms with Gasteiger partial charge in [-0.3, -0.25) is 0 Å². The molecule has 0 rings (SSSR count). The highest BCUT2D eigenvalue weighted by atomic mass is 15.1. The quantitative estimate of drug-likeness (QED) is 0.595. The van der Waals surface area contributed by atoms with Crippen LogP contribution in [0.5, 0.6) is 0 Å². The molecule has 0 aromatic heterocycles. The van der Waals surface area contributed by atoms with E-state index in [0.29, 0.717) is 5.92 Å². The second kappa shape index (κ2) is 6.44. The normalized spacial score (nSPS) is 12.0. The highest BCUT2D eigenvalue weighted by molar-refractivity contribution is 4.64. The molecular weight excluding hydrogens is 148 g/mol. The van der Waals surface area contributed by atoms with Crippen LogP contribution >= 0.6 is 0 Å². The van der Waals surface area contributed by atoms with Crippen LogP contribution in [0.4, 0.5) is 0 Å². The maximum Gasteiger partial charge on any atom is -0.00222 e. The van der Waals surface area contributed by atoms with E-state index in [9.17, 15) is 0 Å². The summed E-state index contributed by atoms with van der Waals surface area (Å²) in [5.41, 5.74) is 0. The molecule has 0 fully saturated rings. The minimum absolute atomic E-state index is 0.606. The van der Waals surface area contributed by atoms with Gasteiger partial charge in [0.1, 0.15) is 0 Å². The summed E-state index contributed by atoms with van der Waals surface area (Å²) in [5.74, 6) is 0.606. The Morgan fingerprint density at radius 2 is 1.25 bits per heavy atom. The molecule has 2 heteroatoms. The van der Waals surface area contributed by atoms with E-state index in [1.54, 1.807) is 0 Å². The van der Waals surface area contributed by atoms with E-state index >= 15 is 0 Å². The van der Waals surface area contributed by atoms with Crippen LogP contribution in [-0.2, 0) is 0 Å². The van der Waals surface area contributed by atoms with Gasteiger partial charge in [-0.2, -0.15) is 0 Å². The molecule has 0 aliphatic carbocycles. The number of rotatable bonds is 6. The fraction of sp³-hybridized carbons (Fsp3) is 0.900. The van der Waals surface area contributed by atoms with Crippen molar-refractivity contribution in [2.45, 2.75) is 12.8 Å². The van der Waals surface area contributed by atoms with E-state index in [0.717, 1.165) is 13.1 Å². The van der Waals surface area contributed by atoms with Gasteiger partial charge in [-0.1, -0.05) is 6.92 Å². The fourth-order valence-corrected chi connectivity index (χ4v) is 1.03. The van der Waals surface area contributed by atoms with Crippen LogP contribution < -0.4 is 0 Å². The van der Waals surface area contributed by atoms with Crippen LogP contribution in [0.3, 0.4) is 0 Å². The Balaban J connectivity index is 3.27. The lowest BCUT2D eigenvalue weighted by Gasteiger charge is -2.17. The molecule has 0 bridgehead atoms. The Morgan fingerprint density at radius 3 is 1.50 bits per heavy atom. The minimum Gasteiger partial charge on any atom is -0.309 e. The van der Waals surface area contributed by atoms with Crippen molar-refractivity contribution < 1.29 is 0 Å². The number of nitrogens with zero attached hydrogens (tertiary/aromatic N) is 2. The first kappa shape index (κ1) is 11.9. The van der Waals surface area contributed by atoms with Crippen molar-refractivity contribution in [3.8, 4) is 0 Å². The molecule has 12 heavy (non-hydrogen) atoms. The van der Waals surface area contributed by atoms with Crippen molar-refractivity contribution in [3.63, 3.8) is 0 Å². The molecule has 2 nitrogen and oxygen atoms in total. The van der Waals surface area contributed by atoms with E-state index in [1.165, 1.54) is 12.8 Å². The summed E-state index contributed by atoms with van der Waals surface area (Å²) in [5, 5.41) is 0. The topological polar surface area (TPSA) is 6.48 Å². The second-order valence-electron chi connectivity index (χ2n) is 4.05. The molecule has 0 aliphatic rings. The van der Waals surface area contributed by atoms with Gasteiger partial charge < -0.3 is 9.80 Å². The van der Waals surface area contributed by atoms with Gasteiger partial charge in [0.2, 0.25) is 0 Å². The zero-order chi connectivity index (χ0) is 9.56. The van der Waals surface area contributed by atoms with Crippen LogP contribution in [0.25, 0.3) is 0 Å². The van der Waals surface area contributed by atoms with Crippen molar-refractivity contribution in [3.05, 3.63) is 6.92 Å². The summed E-state index contributed by atoms with van der Waals surface area (Å²) in [6, 6.07) is 0. The average molecular weight is 171 g/mol. The smallest absolute Gasteiger partial charge is 0.00222 e. The minimum atomic E-state index is 0.606. The van der Waals surface area contributed by atoms with Crippen molar-refractivity contribution in [2.24, 2.45) is 5.92 Å². The van der Waals surface area contributed by atoms with Gasteiger partial charge in [-0.25, -0.2) is 0 Å². The Hall–Kier alpha value is -0.0800. The predicted molar refractivity (Wildman–Crippen MR) is 55.2 cm³/mol. The zero-order valence-electron chi connectivity index (χ0n) is 9.01. The predicted octanol–water partition coefficient (Wildman–Crippen LogP) is 1.34. The average Bonchev–Trinajstić information content (AvgIpc) is 1.96. The summed E-state index contributed by atoms with van der Waals surface area (Å²) in [6.07, 6.45) is 2.42. The van der Waals surface area contributed by atoms with Gasteiger partial charge in [-0.05, 0) is 60.0 Å². The van der Waals surface area contributed by atoms with E-state index in [1.807, 2.05) is 0 Å². The molecule has 0 N–H and O–H groups in total. The molecule has 0 aromatic rings. The second-order valence-corrected chi connectivity index (χ2v) is 4.05. The van der Waals surface area contributed by atoms with E-state index in [4.69, 9.17) is 0 Å². The molecule has 0 unspecified atom stereocenters. The van der Waals surface area contributed by atoms with Gasteiger partial charge in [0.15, 0.2) is 0 Å². The lowest BCUT2D eigenvalue weighted by molar-refractivity contribution is 0.330. The summed E-state index contributed by atoms with van der Waals surface area (Å²) in [4.78, 5) is 4.43. The summed E-state index contributed by atoms with van der Waals surface area (Å²) < 4.78 is 0. The first-order valence-corrected chi connectivity index (χ1v) is 4.65. The van der Waals surface area contributed by atoms with Crippen molar-refractivity contribution >= 4 is 0 Å². The first-order valence-electron chi connectivity index (χ1n) is 4.65. The molecular formula is C10H23N2. The van der Waals surface area contributed by atoms with Crippen molar-refractivity contribution in [2.75, 3.05) is 41.3 Å². The lowest BCUT2D eigenvalue weighted by Crippen LogP contribution is -2.19. The fourth-order valence-electron chi connectivity index (χ4n) is 1.03. The standard InChI is InChI=1S/C10H23N2/c1-10(6-8-11(2)3)7-9-12(4)5/h10H,1,6-9H2,2-5H3. The van der Waals surface area contributed by atoms with E-state index < -0.39 is 0 Å². The Bertz CT molecular complexity index is 88.0. The highest BCUT2D eigenvalue weighted by Crippen LogP contribution is 2.06. The van der Waals surface area contributed by atoms with Gasteiger partial charge in [0.05, 0.1) is 0 Å². The third-order valence-electron chi connectivity index (χ3n) is 1.97. The SMILES string of the molecule is [CH2]C(CCN(C)C)CCN(C)C. The largest absolute Gasteiger partial charge is 0.309 e.